The van der Waals surface area contributed by atoms with E-state index in [1.54, 1.807) is 13.8 Å². The Labute approximate surface area is 314 Å². The SMILES string of the molecule is CC(C)[C@H](N)C(=O)N[C@@H](C)C(=O)N[C@@H](CCC(N)=O)C(=O)N[C@@H](CCCCN)C(=O)N[C@H](C(=O)N[C@H](C(=O)N[C@@H](CCC(=O)O)C(=O)O)C(C)C)[C@@H](C)O. The van der Waals surface area contributed by atoms with Crippen LogP contribution in [-0.2, 0) is 43.2 Å². The zero-order valence-electron chi connectivity index (χ0n) is 31.7. The number of aliphatic carboxylic acids is 2. The summed E-state index contributed by atoms with van der Waals surface area (Å²) in [7, 11) is 0. The van der Waals surface area contributed by atoms with E-state index in [2.05, 4.69) is 31.9 Å². The van der Waals surface area contributed by atoms with Gasteiger partial charge >= 0.3 is 11.9 Å². The van der Waals surface area contributed by atoms with E-state index in [0.717, 1.165) is 0 Å². The van der Waals surface area contributed by atoms with Crippen LogP contribution in [0, 0.1) is 11.8 Å². The highest BCUT2D eigenvalue weighted by molar-refractivity contribution is 5.97. The molecule has 21 heteroatoms. The molecule has 0 saturated heterocycles. The van der Waals surface area contributed by atoms with Crippen molar-refractivity contribution in [2.45, 2.75) is 135 Å². The second-order valence-electron chi connectivity index (χ2n) is 13.7. The maximum atomic E-state index is 13.6. The molecule has 0 heterocycles. The first kappa shape index (κ1) is 49.1. The minimum absolute atomic E-state index is 0.0249. The van der Waals surface area contributed by atoms with E-state index in [9.17, 15) is 53.4 Å². The lowest BCUT2D eigenvalue weighted by Gasteiger charge is -2.29. The Morgan fingerprint density at radius 3 is 1.52 bits per heavy atom. The highest BCUT2D eigenvalue weighted by atomic mass is 16.4. The largest absolute Gasteiger partial charge is 0.481 e. The molecular formula is C33H59N9O12. The van der Waals surface area contributed by atoms with E-state index in [-0.39, 0.29) is 31.7 Å². The van der Waals surface area contributed by atoms with Gasteiger partial charge in [-0.3, -0.25) is 38.4 Å². The number of aliphatic hydroxyl groups excluding tert-OH is 1. The molecule has 0 aromatic rings. The molecule has 0 aliphatic heterocycles. The Morgan fingerprint density at radius 2 is 1.04 bits per heavy atom. The molecule has 15 N–H and O–H groups in total. The fraction of sp³-hybridized carbons (Fsp3) is 0.727. The number of amides is 7. The van der Waals surface area contributed by atoms with Gasteiger partial charge in [-0.25, -0.2) is 4.79 Å². The predicted molar refractivity (Wildman–Crippen MR) is 192 cm³/mol. The summed E-state index contributed by atoms with van der Waals surface area (Å²) in [6.07, 6.45) is -2.48. The molecule has 8 atom stereocenters. The topological polar surface area (TPSA) is 365 Å². The second kappa shape index (κ2) is 24.4. The van der Waals surface area contributed by atoms with Crippen molar-refractivity contribution in [2.75, 3.05) is 6.54 Å². The van der Waals surface area contributed by atoms with Gasteiger partial charge in [0.2, 0.25) is 41.4 Å². The minimum Gasteiger partial charge on any atom is -0.481 e. The molecule has 0 unspecified atom stereocenters. The van der Waals surface area contributed by atoms with Gasteiger partial charge in [0.25, 0.3) is 0 Å². The molecular weight excluding hydrogens is 714 g/mol. The zero-order chi connectivity index (χ0) is 41.9. The van der Waals surface area contributed by atoms with Crippen molar-refractivity contribution in [1.29, 1.82) is 0 Å². The summed E-state index contributed by atoms with van der Waals surface area (Å²) in [5, 5.41) is 43.1. The first-order valence-electron chi connectivity index (χ1n) is 17.7. The summed E-state index contributed by atoms with van der Waals surface area (Å²) in [5.74, 6) is -9.75. The summed E-state index contributed by atoms with van der Waals surface area (Å²) in [4.78, 5) is 113. The van der Waals surface area contributed by atoms with Gasteiger partial charge in [0.05, 0.1) is 12.1 Å². The number of hydrogen-bond donors (Lipinski definition) is 12. The van der Waals surface area contributed by atoms with E-state index in [0.29, 0.717) is 12.8 Å². The average Bonchev–Trinajstić information content (AvgIpc) is 3.07. The van der Waals surface area contributed by atoms with E-state index in [1.807, 2.05) is 0 Å². The quantitative estimate of drug-likeness (QED) is 0.0376. The van der Waals surface area contributed by atoms with Crippen molar-refractivity contribution >= 4 is 53.3 Å². The molecule has 0 radical (unpaired) electrons. The monoisotopic (exact) mass is 773 g/mol. The van der Waals surface area contributed by atoms with E-state index in [4.69, 9.17) is 22.3 Å². The maximum Gasteiger partial charge on any atom is 0.326 e. The number of rotatable bonds is 26. The van der Waals surface area contributed by atoms with E-state index in [1.165, 1.54) is 27.7 Å². The fourth-order valence-corrected chi connectivity index (χ4v) is 4.79. The van der Waals surface area contributed by atoms with Gasteiger partial charge in [0, 0.05) is 12.8 Å². The smallest absolute Gasteiger partial charge is 0.326 e. The normalized spacial score (nSPS) is 15.6. The summed E-state index contributed by atoms with van der Waals surface area (Å²) in [5.41, 5.74) is 16.7. The molecule has 7 amide bonds. The number of primary amides is 1. The fourth-order valence-electron chi connectivity index (χ4n) is 4.79. The number of carbonyl (C=O) groups excluding carboxylic acids is 7. The van der Waals surface area contributed by atoms with Crippen molar-refractivity contribution in [1.82, 2.24) is 31.9 Å². The van der Waals surface area contributed by atoms with E-state index >= 15 is 0 Å². The average molecular weight is 774 g/mol. The highest BCUT2D eigenvalue weighted by Crippen LogP contribution is 2.09. The Kier molecular flexibility index (Phi) is 22.2. The molecule has 0 aliphatic carbocycles. The molecule has 0 fully saturated rings. The Hall–Kier alpha value is -4.89. The molecule has 54 heavy (non-hydrogen) atoms. The molecule has 21 nitrogen and oxygen atoms in total. The molecule has 0 rings (SSSR count). The van der Waals surface area contributed by atoms with Crippen LogP contribution in [0.5, 0.6) is 0 Å². The third-order valence-electron chi connectivity index (χ3n) is 8.24. The van der Waals surface area contributed by atoms with Crippen LogP contribution in [0.1, 0.15) is 86.5 Å². The lowest BCUT2D eigenvalue weighted by Crippen LogP contribution is -2.62. The van der Waals surface area contributed by atoms with Gasteiger partial charge in [-0.05, 0) is 64.3 Å². The molecule has 0 bridgehead atoms. The van der Waals surface area contributed by atoms with Gasteiger partial charge in [-0.2, -0.15) is 0 Å². The summed E-state index contributed by atoms with van der Waals surface area (Å²) in [6.45, 7) is 9.24. The number of aliphatic hydroxyl groups is 1. The van der Waals surface area contributed by atoms with Crippen molar-refractivity contribution in [3.63, 3.8) is 0 Å². The van der Waals surface area contributed by atoms with Crippen LogP contribution in [0.25, 0.3) is 0 Å². The molecule has 0 spiro atoms. The Bertz CT molecular complexity index is 1330. The number of carboxylic acid groups (broad SMARTS) is 2. The van der Waals surface area contributed by atoms with Gasteiger partial charge < -0.3 is 64.4 Å². The molecule has 308 valence electrons. The predicted octanol–water partition coefficient (Wildman–Crippen LogP) is -3.72. The summed E-state index contributed by atoms with van der Waals surface area (Å²) < 4.78 is 0. The van der Waals surface area contributed by atoms with Gasteiger partial charge in [0.1, 0.15) is 36.3 Å². The zero-order valence-corrected chi connectivity index (χ0v) is 31.7. The van der Waals surface area contributed by atoms with Crippen LogP contribution in [0.4, 0.5) is 0 Å². The van der Waals surface area contributed by atoms with Gasteiger partial charge in [0.15, 0.2) is 0 Å². The van der Waals surface area contributed by atoms with E-state index < -0.39 is 120 Å². The second-order valence-corrected chi connectivity index (χ2v) is 13.7. The third kappa shape index (κ3) is 18.2. The van der Waals surface area contributed by atoms with Crippen molar-refractivity contribution < 1.29 is 58.5 Å². The number of carbonyl (C=O) groups is 9. The van der Waals surface area contributed by atoms with Gasteiger partial charge in [-0.1, -0.05) is 27.7 Å². The number of hydrogen-bond acceptors (Lipinski definition) is 12. The van der Waals surface area contributed by atoms with Crippen LogP contribution in [0.2, 0.25) is 0 Å². The minimum atomic E-state index is -1.70. The lowest BCUT2D eigenvalue weighted by atomic mass is 10.0. The van der Waals surface area contributed by atoms with Crippen LogP contribution in [0.3, 0.4) is 0 Å². The molecule has 0 aromatic carbocycles. The summed E-state index contributed by atoms with van der Waals surface area (Å²) in [6, 6.07) is -9.53. The third-order valence-corrected chi connectivity index (χ3v) is 8.24. The number of nitrogens with two attached hydrogens (primary N) is 3. The first-order chi connectivity index (χ1) is 25.0. The molecule has 0 saturated carbocycles. The molecule has 0 aromatic heterocycles. The van der Waals surface area contributed by atoms with Crippen LogP contribution in [-0.4, -0.2) is 124 Å². The lowest BCUT2D eigenvalue weighted by molar-refractivity contribution is -0.144. The Balaban J connectivity index is 6.14. The first-order valence-corrected chi connectivity index (χ1v) is 17.7. The highest BCUT2D eigenvalue weighted by Gasteiger charge is 2.35. The number of nitrogens with one attached hydrogen (secondary N) is 6. The standard InChI is InChI=1S/C33H59N9O12/c1-15(2)24(36)30(50)37-17(5)27(47)38-20(10-12-22(35)44)28(48)39-19(9-7-8-14-34)29(49)42-26(18(6)43)32(52)41-25(16(3)4)31(51)40-21(33(53)54)11-13-23(45)46/h15-21,24-26,43H,7-14,34,36H2,1-6H3,(H2,35,44)(H,37,50)(H,38,47)(H,39,48)(H,40,51)(H,41,52)(H,42,49)(H,45,46)(H,53,54)/t17-,18+,19-,20-,21-,24-,25-,26-/m0/s1. The Morgan fingerprint density at radius 1 is 0.556 bits per heavy atom. The van der Waals surface area contributed by atoms with Gasteiger partial charge in [-0.15, -0.1) is 0 Å². The van der Waals surface area contributed by atoms with Crippen molar-refractivity contribution in [3.05, 3.63) is 0 Å². The van der Waals surface area contributed by atoms with Crippen LogP contribution in [0.15, 0.2) is 0 Å². The van der Waals surface area contributed by atoms with Crippen molar-refractivity contribution in [2.24, 2.45) is 29.0 Å². The maximum absolute atomic E-state index is 13.6. The summed E-state index contributed by atoms with van der Waals surface area (Å²) >= 11 is 0. The van der Waals surface area contributed by atoms with Crippen molar-refractivity contribution in [3.8, 4) is 0 Å². The van der Waals surface area contributed by atoms with Crippen LogP contribution >= 0.6 is 0 Å². The molecule has 0 aliphatic rings. The number of unbranched alkanes of at least 4 members (excludes halogenated alkanes) is 1. The number of carboxylic acids is 2. The van der Waals surface area contributed by atoms with Crippen LogP contribution < -0.4 is 49.1 Å².